The molecule has 7 nitrogen and oxygen atoms in total. The minimum absolute atomic E-state index is 0.150. The zero-order valence-electron chi connectivity index (χ0n) is 20.2. The highest BCUT2D eigenvalue weighted by atomic mass is 16.2. The molecule has 1 spiro atoms. The van der Waals surface area contributed by atoms with Crippen LogP contribution in [0.1, 0.15) is 48.9 Å². The highest BCUT2D eigenvalue weighted by Crippen LogP contribution is 2.41. The van der Waals surface area contributed by atoms with Crippen molar-refractivity contribution >= 4 is 17.6 Å². The maximum atomic E-state index is 12.8. The lowest BCUT2D eigenvalue weighted by Gasteiger charge is -2.25. The minimum Gasteiger partial charge on any atom is -0.356 e. The molecule has 3 N–H and O–H groups in total. The van der Waals surface area contributed by atoms with Crippen molar-refractivity contribution in [3.8, 4) is 0 Å². The number of hydrogen-bond acceptors (Lipinski definition) is 5. The molecule has 2 aliphatic heterocycles. The van der Waals surface area contributed by atoms with Gasteiger partial charge < -0.3 is 20.9 Å². The summed E-state index contributed by atoms with van der Waals surface area (Å²) in [4.78, 5) is 34.4. The highest BCUT2D eigenvalue weighted by molar-refractivity contribution is 5.94. The maximum absolute atomic E-state index is 12.8. The molecule has 0 radical (unpaired) electrons. The van der Waals surface area contributed by atoms with Crippen LogP contribution in [0.2, 0.25) is 0 Å². The summed E-state index contributed by atoms with van der Waals surface area (Å²) in [6.07, 6.45) is 21.4. The van der Waals surface area contributed by atoms with E-state index in [4.69, 9.17) is 5.73 Å². The van der Waals surface area contributed by atoms with Crippen molar-refractivity contribution in [2.24, 2.45) is 11.1 Å². The smallest absolute Gasteiger partial charge is 0.253 e. The van der Waals surface area contributed by atoms with Gasteiger partial charge in [0, 0.05) is 50.3 Å². The number of likely N-dealkylation sites (tertiary alicyclic amines) is 1. The van der Waals surface area contributed by atoms with Crippen molar-refractivity contribution in [3.05, 3.63) is 72.0 Å². The lowest BCUT2D eigenvalue weighted by molar-refractivity contribution is -0.130. The van der Waals surface area contributed by atoms with Gasteiger partial charge in [0.25, 0.3) is 5.91 Å². The van der Waals surface area contributed by atoms with E-state index in [-0.39, 0.29) is 29.3 Å². The molecule has 2 aliphatic carbocycles. The predicted molar refractivity (Wildman–Crippen MR) is 138 cm³/mol. The molecule has 2 amide bonds. The second-order valence-electron chi connectivity index (χ2n) is 10.3. The SMILES string of the molecule is NC1C=CC=CC1NC(=O)c1ccc(N2CCC3(CCN(C(=O)CCC4=CC=CCC4)C3)C2)nc1. The van der Waals surface area contributed by atoms with Crippen molar-refractivity contribution in [2.45, 2.75) is 50.6 Å². The minimum atomic E-state index is -0.226. The lowest BCUT2D eigenvalue weighted by Crippen LogP contribution is -2.46. The Kier molecular flexibility index (Phi) is 6.86. The molecule has 4 aliphatic rings. The molecular weight excluding hydrogens is 438 g/mol. The molecule has 1 aromatic rings. The van der Waals surface area contributed by atoms with E-state index in [0.717, 1.165) is 64.1 Å². The van der Waals surface area contributed by atoms with Crippen LogP contribution in [-0.4, -0.2) is 60.0 Å². The molecule has 2 saturated heterocycles. The van der Waals surface area contributed by atoms with E-state index >= 15 is 0 Å². The third-order valence-corrected chi connectivity index (χ3v) is 7.80. The normalized spacial score (nSPS) is 27.5. The molecule has 3 heterocycles. The van der Waals surface area contributed by atoms with Gasteiger partial charge in [-0.15, -0.1) is 0 Å². The number of pyridine rings is 1. The van der Waals surface area contributed by atoms with Gasteiger partial charge in [0.05, 0.1) is 11.6 Å². The third-order valence-electron chi connectivity index (χ3n) is 7.80. The number of carbonyl (C=O) groups excluding carboxylic acids is 2. The van der Waals surface area contributed by atoms with Crippen LogP contribution in [0.4, 0.5) is 5.82 Å². The first-order chi connectivity index (χ1) is 17.0. The number of anilines is 1. The van der Waals surface area contributed by atoms with E-state index in [1.165, 1.54) is 5.57 Å². The Morgan fingerprint density at radius 1 is 1.11 bits per heavy atom. The van der Waals surface area contributed by atoms with Gasteiger partial charge in [0.15, 0.2) is 0 Å². The summed E-state index contributed by atoms with van der Waals surface area (Å²) < 4.78 is 0. The average Bonchev–Trinajstić information content (AvgIpc) is 3.51. The number of hydrogen-bond donors (Lipinski definition) is 2. The van der Waals surface area contributed by atoms with E-state index < -0.39 is 0 Å². The largest absolute Gasteiger partial charge is 0.356 e. The Hall–Kier alpha value is -3.19. The van der Waals surface area contributed by atoms with Gasteiger partial charge in [-0.3, -0.25) is 9.59 Å². The number of amides is 2. The Balaban J connectivity index is 1.13. The fraction of sp³-hybridized carbons (Fsp3) is 0.464. The Morgan fingerprint density at radius 2 is 1.97 bits per heavy atom. The standard InChI is InChI=1S/C28H35N5O2/c29-23-8-4-5-9-24(23)31-27(35)22-11-12-25(30-18-22)32-16-14-28(19-32)15-17-33(20-28)26(34)13-10-21-6-2-1-3-7-21/h1-2,4-6,8-9,11-12,18,23-24H,3,7,10,13-17,19-20,29H2,(H,31,35). The number of nitrogens with one attached hydrogen (secondary N) is 1. The van der Waals surface area contributed by atoms with Crippen LogP contribution in [0.3, 0.4) is 0 Å². The average molecular weight is 474 g/mol. The second kappa shape index (κ2) is 10.2. The van der Waals surface area contributed by atoms with Crippen LogP contribution in [0.15, 0.2) is 66.4 Å². The van der Waals surface area contributed by atoms with Crippen LogP contribution < -0.4 is 16.0 Å². The van der Waals surface area contributed by atoms with Crippen LogP contribution in [0, 0.1) is 5.41 Å². The van der Waals surface area contributed by atoms with Crippen molar-refractivity contribution in [1.29, 1.82) is 0 Å². The van der Waals surface area contributed by atoms with Gasteiger partial charge in [-0.1, -0.05) is 48.1 Å². The number of nitrogens with zero attached hydrogens (tertiary/aromatic N) is 3. The van der Waals surface area contributed by atoms with E-state index in [1.807, 2.05) is 36.4 Å². The summed E-state index contributed by atoms with van der Waals surface area (Å²) in [6, 6.07) is 3.32. The van der Waals surface area contributed by atoms with Gasteiger partial charge in [0.1, 0.15) is 5.82 Å². The summed E-state index contributed by atoms with van der Waals surface area (Å²) in [5.74, 6) is 0.997. The molecule has 0 aromatic carbocycles. The van der Waals surface area contributed by atoms with Gasteiger partial charge in [0.2, 0.25) is 5.91 Å². The number of rotatable bonds is 6. The summed E-state index contributed by atoms with van der Waals surface area (Å²) in [5.41, 5.74) is 8.11. The molecule has 3 unspecified atom stereocenters. The predicted octanol–water partition coefficient (Wildman–Crippen LogP) is 3.12. The molecule has 7 heteroatoms. The summed E-state index contributed by atoms with van der Waals surface area (Å²) in [7, 11) is 0. The summed E-state index contributed by atoms with van der Waals surface area (Å²) in [6.45, 7) is 3.52. The second-order valence-corrected chi connectivity index (χ2v) is 10.3. The summed E-state index contributed by atoms with van der Waals surface area (Å²) in [5, 5.41) is 2.96. The third kappa shape index (κ3) is 5.40. The zero-order valence-corrected chi connectivity index (χ0v) is 20.2. The number of aromatic nitrogens is 1. The molecule has 3 atom stereocenters. The fourth-order valence-electron chi connectivity index (χ4n) is 5.61. The van der Waals surface area contributed by atoms with Crippen LogP contribution in [0.5, 0.6) is 0 Å². The van der Waals surface area contributed by atoms with E-state index in [1.54, 1.807) is 6.20 Å². The quantitative estimate of drug-likeness (QED) is 0.662. The zero-order chi connectivity index (χ0) is 24.3. The van der Waals surface area contributed by atoms with Crippen molar-refractivity contribution in [2.75, 3.05) is 31.1 Å². The van der Waals surface area contributed by atoms with Crippen molar-refractivity contribution < 1.29 is 9.59 Å². The first-order valence-electron chi connectivity index (χ1n) is 12.8. The van der Waals surface area contributed by atoms with Crippen LogP contribution in [-0.2, 0) is 4.79 Å². The van der Waals surface area contributed by atoms with E-state index in [0.29, 0.717) is 12.0 Å². The lowest BCUT2D eigenvalue weighted by atomic mass is 9.86. The maximum Gasteiger partial charge on any atom is 0.253 e. The summed E-state index contributed by atoms with van der Waals surface area (Å²) >= 11 is 0. The Labute approximate surface area is 207 Å². The van der Waals surface area contributed by atoms with Crippen molar-refractivity contribution in [3.63, 3.8) is 0 Å². The number of nitrogens with two attached hydrogens (primary N) is 1. The van der Waals surface area contributed by atoms with Crippen LogP contribution in [0.25, 0.3) is 0 Å². The first-order valence-corrected chi connectivity index (χ1v) is 12.8. The van der Waals surface area contributed by atoms with Crippen molar-refractivity contribution in [1.82, 2.24) is 15.2 Å². The van der Waals surface area contributed by atoms with E-state index in [9.17, 15) is 9.59 Å². The first kappa shape index (κ1) is 23.5. The fourth-order valence-corrected chi connectivity index (χ4v) is 5.61. The number of carbonyl (C=O) groups is 2. The molecule has 35 heavy (non-hydrogen) atoms. The molecule has 1 aromatic heterocycles. The highest BCUT2D eigenvalue weighted by Gasteiger charge is 2.44. The Bertz CT molecular complexity index is 1070. The van der Waals surface area contributed by atoms with Gasteiger partial charge in [-0.2, -0.15) is 0 Å². The molecule has 184 valence electrons. The monoisotopic (exact) mass is 473 g/mol. The van der Waals surface area contributed by atoms with Gasteiger partial charge in [-0.25, -0.2) is 4.98 Å². The number of allylic oxidation sites excluding steroid dienone is 6. The molecule has 5 rings (SSSR count). The van der Waals surface area contributed by atoms with E-state index in [2.05, 4.69) is 38.3 Å². The molecule has 0 saturated carbocycles. The molecule has 0 bridgehead atoms. The van der Waals surface area contributed by atoms with Gasteiger partial charge in [-0.05, 0) is 44.2 Å². The topological polar surface area (TPSA) is 91.6 Å². The Morgan fingerprint density at radius 3 is 2.74 bits per heavy atom. The van der Waals surface area contributed by atoms with Gasteiger partial charge >= 0.3 is 0 Å². The molecule has 2 fully saturated rings. The van der Waals surface area contributed by atoms with Crippen LogP contribution >= 0.6 is 0 Å². The molecular formula is C28H35N5O2.